The largest absolute Gasteiger partial charge is 0.444 e. The predicted molar refractivity (Wildman–Crippen MR) is 70.2 cm³/mol. The molecular formula is C14H23NO3. The third-order valence-electron chi connectivity index (χ3n) is 2.98. The number of ether oxygens (including phenoxy) is 2. The summed E-state index contributed by atoms with van der Waals surface area (Å²) < 4.78 is 11.0. The molecule has 4 nitrogen and oxygen atoms in total. The van der Waals surface area contributed by atoms with Gasteiger partial charge in [0, 0.05) is 13.1 Å². The molecular weight excluding hydrogens is 230 g/mol. The first-order chi connectivity index (χ1) is 8.26. The number of rotatable bonds is 2. The predicted octanol–water partition coefficient (Wildman–Crippen LogP) is 2.43. The van der Waals surface area contributed by atoms with Gasteiger partial charge in [-0.1, -0.05) is 5.92 Å². The molecule has 4 heteroatoms. The van der Waals surface area contributed by atoms with E-state index in [2.05, 4.69) is 5.92 Å². The van der Waals surface area contributed by atoms with Crippen LogP contribution in [0, 0.1) is 12.3 Å². The van der Waals surface area contributed by atoms with Crippen LogP contribution in [0.3, 0.4) is 0 Å². The molecule has 1 aliphatic rings. The molecule has 0 aliphatic carbocycles. The fourth-order valence-corrected chi connectivity index (χ4v) is 1.85. The normalized spacial score (nSPS) is 19.2. The molecule has 0 N–H and O–H groups in total. The second kappa shape index (κ2) is 5.62. The average molecular weight is 253 g/mol. The number of piperidine rings is 1. The lowest BCUT2D eigenvalue weighted by Gasteiger charge is -2.39. The van der Waals surface area contributed by atoms with Crippen LogP contribution in [-0.4, -0.2) is 41.9 Å². The number of likely N-dealkylation sites (tertiary alicyclic amines) is 1. The fraction of sp³-hybridized carbons (Fsp3) is 0.786. The summed E-state index contributed by atoms with van der Waals surface area (Å²) in [5.74, 6) is 2.48. The summed E-state index contributed by atoms with van der Waals surface area (Å²) in [5, 5.41) is 0. The van der Waals surface area contributed by atoms with E-state index in [4.69, 9.17) is 15.9 Å². The molecule has 0 bridgehead atoms. The Balaban J connectivity index is 2.44. The molecule has 0 unspecified atom stereocenters. The van der Waals surface area contributed by atoms with E-state index in [9.17, 15) is 4.79 Å². The summed E-state index contributed by atoms with van der Waals surface area (Å²) in [7, 11) is 0. The highest BCUT2D eigenvalue weighted by Gasteiger charge is 2.34. The number of hydrogen-bond acceptors (Lipinski definition) is 3. The zero-order valence-corrected chi connectivity index (χ0v) is 11.8. The van der Waals surface area contributed by atoms with Gasteiger partial charge in [-0.3, -0.25) is 0 Å². The number of carbonyl (C=O) groups is 1. The summed E-state index contributed by atoms with van der Waals surface area (Å²) in [6, 6.07) is 0. The minimum Gasteiger partial charge on any atom is -0.444 e. The van der Waals surface area contributed by atoms with Crippen LogP contribution >= 0.6 is 0 Å². The van der Waals surface area contributed by atoms with Gasteiger partial charge in [0.2, 0.25) is 0 Å². The first-order valence-corrected chi connectivity index (χ1v) is 6.31. The first kappa shape index (κ1) is 14.8. The number of carbonyl (C=O) groups excluding carboxylic acids is 1. The summed E-state index contributed by atoms with van der Waals surface area (Å²) in [6.07, 6.45) is 6.51. The molecule has 0 spiro atoms. The fourth-order valence-electron chi connectivity index (χ4n) is 1.85. The Morgan fingerprint density at radius 2 is 1.94 bits per heavy atom. The third-order valence-corrected chi connectivity index (χ3v) is 2.98. The SMILES string of the molecule is C#CCOC1(C)CCN(C(=O)OC(C)(C)C)CC1. The summed E-state index contributed by atoms with van der Waals surface area (Å²) in [6.45, 7) is 9.27. The molecule has 0 aromatic heterocycles. The molecule has 1 aliphatic heterocycles. The van der Waals surface area contributed by atoms with Gasteiger partial charge < -0.3 is 14.4 Å². The second-order valence-electron chi connectivity index (χ2n) is 5.91. The van der Waals surface area contributed by atoms with E-state index in [0.717, 1.165) is 12.8 Å². The van der Waals surface area contributed by atoms with Gasteiger partial charge >= 0.3 is 6.09 Å². The molecule has 0 aromatic carbocycles. The van der Waals surface area contributed by atoms with Crippen LogP contribution in [0.4, 0.5) is 4.79 Å². The van der Waals surface area contributed by atoms with Crippen molar-refractivity contribution in [2.24, 2.45) is 0 Å². The smallest absolute Gasteiger partial charge is 0.410 e. The molecule has 102 valence electrons. The highest BCUT2D eigenvalue weighted by molar-refractivity contribution is 5.68. The summed E-state index contributed by atoms with van der Waals surface area (Å²) >= 11 is 0. The van der Waals surface area contributed by atoms with E-state index >= 15 is 0 Å². The Hall–Kier alpha value is -1.21. The maximum absolute atomic E-state index is 11.9. The van der Waals surface area contributed by atoms with Crippen molar-refractivity contribution in [2.45, 2.75) is 51.7 Å². The molecule has 1 rings (SSSR count). The molecule has 0 radical (unpaired) electrons. The molecule has 0 saturated carbocycles. The molecule has 1 saturated heterocycles. The zero-order chi connectivity index (χ0) is 13.8. The molecule has 1 heterocycles. The van der Waals surface area contributed by atoms with Crippen molar-refractivity contribution in [3.8, 4) is 12.3 Å². The molecule has 1 amide bonds. The van der Waals surface area contributed by atoms with Gasteiger partial charge in [0.15, 0.2) is 0 Å². The van der Waals surface area contributed by atoms with Crippen LogP contribution in [0.1, 0.15) is 40.5 Å². The van der Waals surface area contributed by atoms with Crippen LogP contribution in [0.25, 0.3) is 0 Å². The lowest BCUT2D eigenvalue weighted by Crippen LogP contribution is -2.48. The average Bonchev–Trinajstić information content (AvgIpc) is 2.25. The molecule has 0 atom stereocenters. The Morgan fingerprint density at radius 3 is 2.39 bits per heavy atom. The Morgan fingerprint density at radius 1 is 1.39 bits per heavy atom. The van der Waals surface area contributed by atoms with E-state index in [0.29, 0.717) is 19.7 Å². The first-order valence-electron chi connectivity index (χ1n) is 6.31. The van der Waals surface area contributed by atoms with E-state index in [1.807, 2.05) is 27.7 Å². The monoisotopic (exact) mass is 253 g/mol. The molecule has 1 fully saturated rings. The van der Waals surface area contributed by atoms with Crippen LogP contribution < -0.4 is 0 Å². The minimum absolute atomic E-state index is 0.217. The van der Waals surface area contributed by atoms with E-state index in [1.54, 1.807) is 4.90 Å². The number of amides is 1. The van der Waals surface area contributed by atoms with Gasteiger partial charge in [-0.25, -0.2) is 4.79 Å². The number of hydrogen-bond donors (Lipinski definition) is 0. The standard InChI is InChI=1S/C14H23NO3/c1-6-11-17-14(5)7-9-15(10-8-14)12(16)18-13(2,3)4/h1H,7-11H2,2-5H3. The Bertz CT molecular complexity index is 330. The van der Waals surface area contributed by atoms with Crippen LogP contribution in [0.15, 0.2) is 0 Å². The lowest BCUT2D eigenvalue weighted by molar-refractivity contribution is -0.0601. The maximum Gasteiger partial charge on any atom is 0.410 e. The minimum atomic E-state index is -0.447. The van der Waals surface area contributed by atoms with Crippen molar-refractivity contribution in [3.05, 3.63) is 0 Å². The van der Waals surface area contributed by atoms with Crippen molar-refractivity contribution >= 4 is 6.09 Å². The molecule has 0 aromatic rings. The van der Waals surface area contributed by atoms with Crippen molar-refractivity contribution < 1.29 is 14.3 Å². The third kappa shape index (κ3) is 4.58. The topological polar surface area (TPSA) is 38.8 Å². The number of terminal acetylenes is 1. The van der Waals surface area contributed by atoms with E-state index in [1.165, 1.54) is 0 Å². The van der Waals surface area contributed by atoms with Crippen molar-refractivity contribution in [2.75, 3.05) is 19.7 Å². The highest BCUT2D eigenvalue weighted by Crippen LogP contribution is 2.26. The van der Waals surface area contributed by atoms with Gasteiger partial charge in [0.05, 0.1) is 5.60 Å². The number of nitrogens with zero attached hydrogens (tertiary/aromatic N) is 1. The van der Waals surface area contributed by atoms with Gasteiger partial charge in [-0.2, -0.15) is 0 Å². The zero-order valence-electron chi connectivity index (χ0n) is 11.8. The van der Waals surface area contributed by atoms with Gasteiger partial charge in [0.25, 0.3) is 0 Å². The second-order valence-corrected chi connectivity index (χ2v) is 5.91. The Labute approximate surface area is 110 Å². The van der Waals surface area contributed by atoms with Gasteiger partial charge in [-0.05, 0) is 40.5 Å². The van der Waals surface area contributed by atoms with Crippen molar-refractivity contribution in [1.82, 2.24) is 4.90 Å². The maximum atomic E-state index is 11.9. The van der Waals surface area contributed by atoms with E-state index < -0.39 is 5.60 Å². The lowest BCUT2D eigenvalue weighted by atomic mass is 9.93. The van der Waals surface area contributed by atoms with Crippen LogP contribution in [-0.2, 0) is 9.47 Å². The van der Waals surface area contributed by atoms with Crippen LogP contribution in [0.5, 0.6) is 0 Å². The summed E-state index contributed by atoms with van der Waals surface area (Å²) in [5.41, 5.74) is -0.664. The Kier molecular flexibility index (Phi) is 4.64. The van der Waals surface area contributed by atoms with Gasteiger partial charge in [-0.15, -0.1) is 6.42 Å². The van der Waals surface area contributed by atoms with E-state index in [-0.39, 0.29) is 11.7 Å². The van der Waals surface area contributed by atoms with Crippen molar-refractivity contribution in [1.29, 1.82) is 0 Å². The van der Waals surface area contributed by atoms with Crippen molar-refractivity contribution in [3.63, 3.8) is 0 Å². The van der Waals surface area contributed by atoms with Crippen LogP contribution in [0.2, 0.25) is 0 Å². The quantitative estimate of drug-likeness (QED) is 0.709. The highest BCUT2D eigenvalue weighted by atomic mass is 16.6. The van der Waals surface area contributed by atoms with Gasteiger partial charge in [0.1, 0.15) is 12.2 Å². The molecule has 18 heavy (non-hydrogen) atoms. The summed E-state index contributed by atoms with van der Waals surface area (Å²) in [4.78, 5) is 13.6.